The zero-order chi connectivity index (χ0) is 24.7. The van der Waals surface area contributed by atoms with Crippen molar-refractivity contribution in [2.24, 2.45) is 0 Å². The van der Waals surface area contributed by atoms with Crippen LogP contribution >= 0.6 is 0 Å². The van der Waals surface area contributed by atoms with Crippen LogP contribution in [0.1, 0.15) is 11.1 Å². The normalized spacial score (nSPS) is 10.8. The molecule has 3 N–H and O–H groups in total. The maximum Gasteiger partial charge on any atom is 0.490 e. The summed E-state index contributed by atoms with van der Waals surface area (Å²) in [7, 11) is 0. The predicted octanol–water partition coefficient (Wildman–Crippen LogP) is 3.18. The molecule has 2 heterocycles. The summed E-state index contributed by atoms with van der Waals surface area (Å²) in [5.74, 6) is -2.33. The first-order valence-electron chi connectivity index (χ1n) is 9.66. The topological polar surface area (TPSA) is 139 Å². The third-order valence-corrected chi connectivity index (χ3v) is 4.27. The molecule has 1 amide bonds. The smallest absolute Gasteiger partial charge is 0.475 e. The Morgan fingerprint density at radius 2 is 1.88 bits per heavy atom. The van der Waals surface area contributed by atoms with Crippen LogP contribution in [0.25, 0.3) is 17.1 Å². The van der Waals surface area contributed by atoms with Gasteiger partial charge in [0.1, 0.15) is 0 Å². The van der Waals surface area contributed by atoms with E-state index < -0.39 is 12.1 Å². The number of aliphatic carboxylic acids is 1. The minimum absolute atomic E-state index is 0.0827. The van der Waals surface area contributed by atoms with Crippen LogP contribution in [0.2, 0.25) is 0 Å². The molecule has 4 aromatic rings. The van der Waals surface area contributed by atoms with Crippen molar-refractivity contribution in [2.45, 2.75) is 19.5 Å². The van der Waals surface area contributed by atoms with E-state index in [4.69, 9.17) is 9.90 Å². The predicted molar refractivity (Wildman–Crippen MR) is 114 cm³/mol. The molecule has 4 rings (SSSR count). The lowest BCUT2D eigenvalue weighted by atomic mass is 10.1. The molecule has 0 atom stereocenters. The Morgan fingerprint density at radius 1 is 1.15 bits per heavy atom. The Kier molecular flexibility index (Phi) is 7.36. The number of rotatable bonds is 5. The standard InChI is InChI=1S/C19H17N7O.C2HF3O2/c1-13-4-2-5-14(8-13)9-18(27)21-16-11-20-26(12-16)17-7-3-6-15(10-17)19-22-24-25-23-19;3-2(4,5)1(6)7/h2-8,10-12H,9H2,1H3,(H,21,27)(H,22,23,24,25);(H,6,7). The molecule has 176 valence electrons. The van der Waals surface area contributed by atoms with Gasteiger partial charge in [0.25, 0.3) is 0 Å². The Labute approximate surface area is 190 Å². The van der Waals surface area contributed by atoms with Crippen molar-refractivity contribution in [1.29, 1.82) is 0 Å². The molecular weight excluding hydrogens is 455 g/mol. The average Bonchev–Trinajstić information content (AvgIpc) is 3.46. The second-order valence-corrected chi connectivity index (χ2v) is 6.98. The van der Waals surface area contributed by atoms with Crippen molar-refractivity contribution in [3.05, 3.63) is 72.1 Å². The maximum absolute atomic E-state index is 12.3. The van der Waals surface area contributed by atoms with Gasteiger partial charge in [-0.1, -0.05) is 42.0 Å². The van der Waals surface area contributed by atoms with Crippen LogP contribution in [-0.2, 0) is 16.0 Å². The van der Waals surface area contributed by atoms with E-state index in [1.165, 1.54) is 0 Å². The fourth-order valence-corrected chi connectivity index (χ4v) is 2.81. The van der Waals surface area contributed by atoms with Crippen LogP contribution in [0, 0.1) is 6.92 Å². The molecule has 34 heavy (non-hydrogen) atoms. The fraction of sp³-hybridized carbons (Fsp3) is 0.143. The number of carbonyl (C=O) groups excluding carboxylic acids is 1. The molecule has 0 spiro atoms. The molecule has 0 saturated carbocycles. The summed E-state index contributed by atoms with van der Waals surface area (Å²) in [6.45, 7) is 2.01. The number of H-pyrrole nitrogens is 1. The molecule has 0 fully saturated rings. The quantitative estimate of drug-likeness (QED) is 0.405. The van der Waals surface area contributed by atoms with Crippen molar-refractivity contribution in [3.8, 4) is 17.1 Å². The number of aryl methyl sites for hydroxylation is 1. The van der Waals surface area contributed by atoms with Crippen molar-refractivity contribution in [1.82, 2.24) is 30.4 Å². The van der Waals surface area contributed by atoms with E-state index in [0.717, 1.165) is 22.4 Å². The van der Waals surface area contributed by atoms with E-state index in [1.54, 1.807) is 17.1 Å². The molecule has 2 aromatic carbocycles. The van der Waals surface area contributed by atoms with Gasteiger partial charge in [-0.25, -0.2) is 9.48 Å². The number of carboxylic acid groups (broad SMARTS) is 1. The minimum Gasteiger partial charge on any atom is -0.475 e. The van der Waals surface area contributed by atoms with E-state index in [1.807, 2.05) is 55.5 Å². The van der Waals surface area contributed by atoms with Gasteiger partial charge in [-0.2, -0.15) is 23.5 Å². The molecule has 0 aliphatic heterocycles. The van der Waals surface area contributed by atoms with Crippen LogP contribution in [0.5, 0.6) is 0 Å². The summed E-state index contributed by atoms with van der Waals surface area (Å²) in [5, 5.41) is 28.3. The van der Waals surface area contributed by atoms with Crippen LogP contribution in [-0.4, -0.2) is 53.6 Å². The summed E-state index contributed by atoms with van der Waals surface area (Å²) in [6, 6.07) is 15.5. The number of halogens is 3. The van der Waals surface area contributed by atoms with E-state index in [9.17, 15) is 18.0 Å². The van der Waals surface area contributed by atoms with Gasteiger partial charge in [-0.05, 0) is 29.8 Å². The zero-order valence-electron chi connectivity index (χ0n) is 17.6. The number of hydrogen-bond acceptors (Lipinski definition) is 6. The number of carboxylic acids is 1. The van der Waals surface area contributed by atoms with Crippen molar-refractivity contribution >= 4 is 17.6 Å². The van der Waals surface area contributed by atoms with Gasteiger partial charge >= 0.3 is 12.1 Å². The largest absolute Gasteiger partial charge is 0.490 e. The number of amides is 1. The van der Waals surface area contributed by atoms with Crippen molar-refractivity contribution < 1.29 is 27.9 Å². The van der Waals surface area contributed by atoms with Crippen molar-refractivity contribution in [2.75, 3.05) is 5.32 Å². The lowest BCUT2D eigenvalue weighted by molar-refractivity contribution is -0.192. The van der Waals surface area contributed by atoms with Crippen LogP contribution in [0.3, 0.4) is 0 Å². The highest BCUT2D eigenvalue weighted by Gasteiger charge is 2.38. The van der Waals surface area contributed by atoms with E-state index >= 15 is 0 Å². The number of nitrogens with one attached hydrogen (secondary N) is 2. The first-order chi connectivity index (χ1) is 16.1. The number of benzene rings is 2. The van der Waals surface area contributed by atoms with Gasteiger partial charge in [0.2, 0.25) is 11.7 Å². The summed E-state index contributed by atoms with van der Waals surface area (Å²) in [6.07, 6.45) is -1.38. The van der Waals surface area contributed by atoms with Crippen molar-refractivity contribution in [3.63, 3.8) is 0 Å². The second kappa shape index (κ2) is 10.4. The maximum atomic E-state index is 12.3. The molecule has 0 bridgehead atoms. The summed E-state index contributed by atoms with van der Waals surface area (Å²) < 4.78 is 33.4. The van der Waals surface area contributed by atoms with E-state index in [0.29, 0.717) is 17.9 Å². The van der Waals surface area contributed by atoms with Gasteiger partial charge < -0.3 is 10.4 Å². The van der Waals surface area contributed by atoms with Crippen LogP contribution < -0.4 is 5.32 Å². The van der Waals surface area contributed by atoms with E-state index in [2.05, 4.69) is 31.0 Å². The Bertz CT molecular complexity index is 1270. The Morgan fingerprint density at radius 3 is 2.53 bits per heavy atom. The molecule has 0 unspecified atom stereocenters. The number of hydrogen-bond donors (Lipinski definition) is 3. The van der Waals surface area contributed by atoms with Crippen LogP contribution in [0.15, 0.2) is 60.9 Å². The van der Waals surface area contributed by atoms with Gasteiger partial charge in [-0.15, -0.1) is 10.2 Å². The zero-order valence-corrected chi connectivity index (χ0v) is 17.6. The molecular formula is C21H18F3N7O3. The molecule has 0 aliphatic carbocycles. The van der Waals surface area contributed by atoms with Gasteiger partial charge in [-0.3, -0.25) is 4.79 Å². The first-order valence-corrected chi connectivity index (χ1v) is 9.66. The number of carbonyl (C=O) groups is 2. The summed E-state index contributed by atoms with van der Waals surface area (Å²) in [4.78, 5) is 21.2. The highest BCUT2D eigenvalue weighted by Crippen LogP contribution is 2.19. The molecule has 0 radical (unpaired) electrons. The number of anilines is 1. The lowest BCUT2D eigenvalue weighted by Crippen LogP contribution is -2.21. The number of aromatic nitrogens is 6. The monoisotopic (exact) mass is 473 g/mol. The Hall–Kier alpha value is -4.55. The molecule has 2 aromatic heterocycles. The lowest BCUT2D eigenvalue weighted by Gasteiger charge is -2.04. The molecule has 0 aliphatic rings. The molecule has 13 heteroatoms. The summed E-state index contributed by atoms with van der Waals surface area (Å²) >= 11 is 0. The SMILES string of the molecule is Cc1cccc(CC(=O)Nc2cnn(-c3cccc(-c4nn[nH]n4)c3)c2)c1.O=C(O)C(F)(F)F. The van der Waals surface area contributed by atoms with Gasteiger partial charge in [0, 0.05) is 5.56 Å². The third kappa shape index (κ3) is 6.72. The van der Waals surface area contributed by atoms with Gasteiger partial charge in [0.05, 0.1) is 30.2 Å². The number of alkyl halides is 3. The number of nitrogens with zero attached hydrogens (tertiary/aromatic N) is 5. The fourth-order valence-electron chi connectivity index (χ4n) is 2.81. The first kappa shape index (κ1) is 24.1. The minimum atomic E-state index is -5.08. The number of tetrazole rings is 1. The highest BCUT2D eigenvalue weighted by molar-refractivity contribution is 5.92. The average molecular weight is 473 g/mol. The van der Waals surface area contributed by atoms with E-state index in [-0.39, 0.29) is 5.91 Å². The number of aromatic amines is 1. The van der Waals surface area contributed by atoms with Gasteiger partial charge in [0.15, 0.2) is 0 Å². The third-order valence-electron chi connectivity index (χ3n) is 4.27. The molecule has 0 saturated heterocycles. The Balaban J connectivity index is 0.000000406. The highest BCUT2D eigenvalue weighted by atomic mass is 19.4. The summed E-state index contributed by atoms with van der Waals surface area (Å²) in [5.41, 5.74) is 4.40. The second-order valence-electron chi connectivity index (χ2n) is 6.98. The molecule has 10 nitrogen and oxygen atoms in total. The van der Waals surface area contributed by atoms with Crippen LogP contribution in [0.4, 0.5) is 18.9 Å².